The van der Waals surface area contributed by atoms with Gasteiger partial charge in [-0.1, -0.05) is 35.9 Å². The second-order valence-electron chi connectivity index (χ2n) is 9.50. The molecule has 0 N–H and O–H groups in total. The van der Waals surface area contributed by atoms with Crippen LogP contribution in [0.3, 0.4) is 0 Å². The molecule has 0 aromatic carbocycles. The van der Waals surface area contributed by atoms with Crippen molar-refractivity contribution < 1.29 is 13.2 Å². The topological polar surface area (TPSA) is 60.8 Å². The molecule has 0 bridgehead atoms. The van der Waals surface area contributed by atoms with Crippen LogP contribution in [0.15, 0.2) is 47.0 Å². The molecule has 0 aliphatic carbocycles. The Morgan fingerprint density at radius 2 is 1.97 bits per heavy atom. The first-order valence-electron chi connectivity index (χ1n) is 13.1. The summed E-state index contributed by atoms with van der Waals surface area (Å²) in [4.78, 5) is 25.0. The van der Waals surface area contributed by atoms with Gasteiger partial charge in [-0.15, -0.1) is 0 Å². The van der Waals surface area contributed by atoms with E-state index in [1.807, 2.05) is 30.1 Å². The minimum absolute atomic E-state index is 0.0831. The standard InChI is InChI=1S/C27H37ClF3N7/c1-5-7-10-21(12-13-28)24-33-25(35-26(34-24)38(6-2)20(3)4)37-16-9-15-36(17-18-37)23-19-22(27(29,30)31)11-8-14-32-23/h5,7-8,10-14,20,22-23H,6,9,15-19H2,1-4H3/b7-5-,13-12+,21-10+. The fraction of sp³-hybridized carbons (Fsp3) is 0.556. The van der Waals surface area contributed by atoms with Gasteiger partial charge in [-0.3, -0.25) is 9.89 Å². The highest BCUT2D eigenvalue weighted by Gasteiger charge is 2.40. The predicted octanol–water partition coefficient (Wildman–Crippen LogP) is 5.87. The Bertz CT molecular complexity index is 1070. The molecule has 2 atom stereocenters. The van der Waals surface area contributed by atoms with Crippen LogP contribution in [-0.4, -0.2) is 77.2 Å². The van der Waals surface area contributed by atoms with Crippen molar-refractivity contribution in [3.63, 3.8) is 0 Å². The molecule has 1 aromatic rings. The summed E-state index contributed by atoms with van der Waals surface area (Å²) in [6.07, 6.45) is 7.39. The minimum Gasteiger partial charge on any atom is -0.339 e. The van der Waals surface area contributed by atoms with Gasteiger partial charge in [0.2, 0.25) is 11.9 Å². The zero-order valence-electron chi connectivity index (χ0n) is 22.4. The first-order chi connectivity index (χ1) is 18.2. The fourth-order valence-corrected chi connectivity index (χ4v) is 4.72. The van der Waals surface area contributed by atoms with Gasteiger partial charge in [0.15, 0.2) is 5.82 Å². The third kappa shape index (κ3) is 7.89. The third-order valence-corrected chi connectivity index (χ3v) is 6.74. The molecular formula is C27H37ClF3N7. The van der Waals surface area contributed by atoms with E-state index in [4.69, 9.17) is 26.6 Å². The van der Waals surface area contributed by atoms with Gasteiger partial charge in [0, 0.05) is 56.1 Å². The average molecular weight is 552 g/mol. The van der Waals surface area contributed by atoms with Crippen LogP contribution in [0.25, 0.3) is 5.57 Å². The number of rotatable bonds is 8. The largest absolute Gasteiger partial charge is 0.395 e. The number of hydrogen-bond donors (Lipinski definition) is 0. The minimum atomic E-state index is -4.28. The number of allylic oxidation sites excluding steroid dienone is 7. The number of alkyl halides is 3. The number of anilines is 2. The van der Waals surface area contributed by atoms with E-state index in [-0.39, 0.29) is 12.5 Å². The molecule has 0 amide bonds. The van der Waals surface area contributed by atoms with E-state index in [0.717, 1.165) is 18.5 Å². The summed E-state index contributed by atoms with van der Waals surface area (Å²) in [7, 11) is 0. The van der Waals surface area contributed by atoms with Crippen molar-refractivity contribution in [2.45, 2.75) is 58.9 Å². The Morgan fingerprint density at radius 3 is 2.63 bits per heavy atom. The van der Waals surface area contributed by atoms with E-state index in [9.17, 15) is 13.2 Å². The second-order valence-corrected chi connectivity index (χ2v) is 9.76. The summed E-state index contributed by atoms with van der Waals surface area (Å²) in [5.74, 6) is 0.119. The zero-order chi connectivity index (χ0) is 27.7. The van der Waals surface area contributed by atoms with Gasteiger partial charge in [0.25, 0.3) is 0 Å². The molecule has 0 radical (unpaired) electrons. The molecule has 0 spiro atoms. The van der Waals surface area contributed by atoms with Crippen LogP contribution < -0.4 is 9.80 Å². The molecule has 3 rings (SSSR count). The maximum Gasteiger partial charge on any atom is 0.395 e. The van der Waals surface area contributed by atoms with E-state index in [1.165, 1.54) is 23.9 Å². The first-order valence-corrected chi connectivity index (χ1v) is 13.5. The molecule has 2 aliphatic rings. The number of aliphatic imine (C=N–C) groups is 1. The summed E-state index contributed by atoms with van der Waals surface area (Å²) in [5.41, 5.74) is 2.18. The monoisotopic (exact) mass is 551 g/mol. The van der Waals surface area contributed by atoms with Gasteiger partial charge in [-0.05, 0) is 52.7 Å². The quantitative estimate of drug-likeness (QED) is 0.377. The number of hydrogen-bond acceptors (Lipinski definition) is 7. The van der Waals surface area contributed by atoms with Crippen LogP contribution >= 0.6 is 11.6 Å². The number of halogens is 4. The predicted molar refractivity (Wildman–Crippen MR) is 150 cm³/mol. The molecule has 38 heavy (non-hydrogen) atoms. The molecule has 2 aliphatic heterocycles. The lowest BCUT2D eigenvalue weighted by Crippen LogP contribution is -2.40. The molecule has 1 saturated heterocycles. The van der Waals surface area contributed by atoms with E-state index in [2.05, 4.69) is 35.6 Å². The number of nitrogens with zero attached hydrogens (tertiary/aromatic N) is 7. The summed E-state index contributed by atoms with van der Waals surface area (Å²) in [6.45, 7) is 11.3. The summed E-state index contributed by atoms with van der Waals surface area (Å²) in [5, 5.41) is 0. The molecular weight excluding hydrogens is 515 g/mol. The third-order valence-electron chi connectivity index (χ3n) is 6.61. The Balaban J connectivity index is 1.90. The fourth-order valence-electron chi connectivity index (χ4n) is 4.58. The number of aromatic nitrogens is 3. The molecule has 0 saturated carbocycles. The highest BCUT2D eigenvalue weighted by molar-refractivity contribution is 6.26. The van der Waals surface area contributed by atoms with E-state index in [0.29, 0.717) is 43.9 Å². The van der Waals surface area contributed by atoms with Crippen LogP contribution in [-0.2, 0) is 0 Å². The van der Waals surface area contributed by atoms with Gasteiger partial charge in [-0.25, -0.2) is 0 Å². The van der Waals surface area contributed by atoms with Crippen molar-refractivity contribution in [1.29, 1.82) is 0 Å². The maximum absolute atomic E-state index is 13.5. The average Bonchev–Trinajstić information content (AvgIpc) is 3.28. The molecule has 208 valence electrons. The summed E-state index contributed by atoms with van der Waals surface area (Å²) >= 11 is 5.93. The summed E-state index contributed by atoms with van der Waals surface area (Å²) in [6, 6.07) is 0.178. The Labute approximate surface area is 228 Å². The molecule has 3 heterocycles. The van der Waals surface area contributed by atoms with Gasteiger partial charge < -0.3 is 9.80 Å². The van der Waals surface area contributed by atoms with Crippen molar-refractivity contribution in [2.24, 2.45) is 10.9 Å². The lowest BCUT2D eigenvalue weighted by molar-refractivity contribution is -0.165. The van der Waals surface area contributed by atoms with Crippen LogP contribution in [0.4, 0.5) is 25.1 Å². The highest BCUT2D eigenvalue weighted by atomic mass is 35.5. The van der Waals surface area contributed by atoms with Crippen molar-refractivity contribution in [1.82, 2.24) is 19.9 Å². The Kier molecular flexibility index (Phi) is 10.9. The Hall–Kier alpha value is -2.72. The molecule has 1 aromatic heterocycles. The SMILES string of the molecule is C\C=C/C=C(\C=C\Cl)c1nc(N2CCCN(C3CC(C(F)(F)F)C=CC=N3)CC2)nc(N(CC)C(C)C)n1. The van der Waals surface area contributed by atoms with Crippen LogP contribution in [0, 0.1) is 5.92 Å². The lowest BCUT2D eigenvalue weighted by Gasteiger charge is -2.30. The first kappa shape index (κ1) is 29.8. The normalized spacial score (nSPS) is 22.0. The van der Waals surface area contributed by atoms with E-state index >= 15 is 0 Å². The van der Waals surface area contributed by atoms with E-state index in [1.54, 1.807) is 6.08 Å². The van der Waals surface area contributed by atoms with Gasteiger partial charge in [0.05, 0.1) is 5.92 Å². The van der Waals surface area contributed by atoms with E-state index < -0.39 is 18.3 Å². The van der Waals surface area contributed by atoms with Gasteiger partial charge >= 0.3 is 6.18 Å². The Morgan fingerprint density at radius 1 is 1.18 bits per heavy atom. The van der Waals surface area contributed by atoms with Crippen LogP contribution in [0.5, 0.6) is 0 Å². The molecule has 7 nitrogen and oxygen atoms in total. The van der Waals surface area contributed by atoms with Crippen molar-refractivity contribution in [2.75, 3.05) is 42.5 Å². The molecule has 1 fully saturated rings. The maximum atomic E-state index is 13.5. The molecule has 11 heteroatoms. The van der Waals surface area contributed by atoms with Gasteiger partial charge in [-0.2, -0.15) is 28.1 Å². The van der Waals surface area contributed by atoms with Crippen molar-refractivity contribution in [3.8, 4) is 0 Å². The zero-order valence-corrected chi connectivity index (χ0v) is 23.2. The van der Waals surface area contributed by atoms with Crippen molar-refractivity contribution in [3.05, 3.63) is 47.8 Å². The lowest BCUT2D eigenvalue weighted by atomic mass is 10.0. The molecule has 2 unspecified atom stereocenters. The van der Waals surface area contributed by atoms with Gasteiger partial charge in [0.1, 0.15) is 6.17 Å². The smallest absolute Gasteiger partial charge is 0.339 e. The van der Waals surface area contributed by atoms with Crippen LogP contribution in [0.2, 0.25) is 0 Å². The van der Waals surface area contributed by atoms with Crippen molar-refractivity contribution >= 4 is 35.3 Å². The summed E-state index contributed by atoms with van der Waals surface area (Å²) < 4.78 is 40.4. The highest BCUT2D eigenvalue weighted by Crippen LogP contribution is 2.33. The van der Waals surface area contributed by atoms with Crippen LogP contribution in [0.1, 0.15) is 46.4 Å². The second kappa shape index (κ2) is 13.9.